The number of nitrogens with zero attached hydrogens (tertiary/aromatic N) is 1. The van der Waals surface area contributed by atoms with Gasteiger partial charge in [-0.25, -0.2) is 0 Å². The van der Waals surface area contributed by atoms with Crippen LogP contribution in [0.1, 0.15) is 225 Å². The van der Waals surface area contributed by atoms with Crippen molar-refractivity contribution in [1.82, 2.24) is 4.90 Å². The van der Waals surface area contributed by atoms with E-state index in [-0.39, 0.29) is 17.0 Å². The molecule has 0 aliphatic heterocycles. The lowest BCUT2D eigenvalue weighted by molar-refractivity contribution is 0.252. The molecule has 0 aliphatic rings. The standard InChI is InChI=1S/C43H81N.BrH/c1-3-5-7-9-11-13-15-17-19-21-23-25-27-29-31-36-40-44(42-43-38-34-33-35-39-43)41-37-32-30-28-26-24-22-20-18-16-14-12-10-8-6-4-2;/h33-35,38-39H,3-32,36-37,40-42H2,1-2H3;1H. The first kappa shape index (κ1) is 44.7. The normalized spacial score (nSPS) is 11.4. The molecule has 1 nitrogen and oxygen atoms in total. The van der Waals surface area contributed by atoms with Crippen LogP contribution in [0.4, 0.5) is 0 Å². The molecule has 0 bridgehead atoms. The average Bonchev–Trinajstić information content (AvgIpc) is 3.04. The van der Waals surface area contributed by atoms with E-state index in [4.69, 9.17) is 0 Å². The number of unbranched alkanes of at least 4 members (excludes halogenated alkanes) is 30. The van der Waals surface area contributed by atoms with Crippen LogP contribution in [0.5, 0.6) is 0 Å². The van der Waals surface area contributed by atoms with Crippen LogP contribution >= 0.6 is 17.0 Å². The van der Waals surface area contributed by atoms with Gasteiger partial charge in [0, 0.05) is 6.54 Å². The Bertz CT molecular complexity index is 611. The van der Waals surface area contributed by atoms with Crippen molar-refractivity contribution >= 4 is 17.0 Å². The first-order valence-electron chi connectivity index (χ1n) is 20.6. The number of halogens is 1. The summed E-state index contributed by atoms with van der Waals surface area (Å²) in [5, 5.41) is 0. The molecular weight excluding hydrogens is 610 g/mol. The van der Waals surface area contributed by atoms with Gasteiger partial charge in [-0.05, 0) is 31.5 Å². The van der Waals surface area contributed by atoms with Crippen LogP contribution in [0, 0.1) is 0 Å². The second-order valence-electron chi connectivity index (χ2n) is 14.4. The summed E-state index contributed by atoms with van der Waals surface area (Å²) < 4.78 is 0. The molecule has 1 aromatic carbocycles. The van der Waals surface area contributed by atoms with Crippen LogP contribution in [0.2, 0.25) is 0 Å². The first-order chi connectivity index (χ1) is 21.9. The Morgan fingerprint density at radius 1 is 0.333 bits per heavy atom. The fourth-order valence-electron chi connectivity index (χ4n) is 6.88. The lowest BCUT2D eigenvalue weighted by atomic mass is 10.0. The second-order valence-corrected chi connectivity index (χ2v) is 14.4. The Morgan fingerprint density at radius 2 is 0.578 bits per heavy atom. The van der Waals surface area contributed by atoms with Crippen molar-refractivity contribution in [2.75, 3.05) is 13.1 Å². The fraction of sp³-hybridized carbons (Fsp3) is 0.860. The lowest BCUT2D eigenvalue weighted by Crippen LogP contribution is -2.25. The maximum Gasteiger partial charge on any atom is 0.0233 e. The van der Waals surface area contributed by atoms with E-state index >= 15 is 0 Å². The van der Waals surface area contributed by atoms with Gasteiger partial charge in [0.2, 0.25) is 0 Å². The summed E-state index contributed by atoms with van der Waals surface area (Å²) in [6.07, 6.45) is 46.4. The van der Waals surface area contributed by atoms with E-state index in [9.17, 15) is 0 Å². The number of rotatable bonds is 36. The molecule has 0 spiro atoms. The average molecular weight is 693 g/mol. The van der Waals surface area contributed by atoms with E-state index in [2.05, 4.69) is 49.1 Å². The van der Waals surface area contributed by atoms with Crippen LogP contribution in [-0.2, 0) is 6.54 Å². The molecule has 0 unspecified atom stereocenters. The second kappa shape index (κ2) is 38.1. The molecule has 0 amide bonds. The molecule has 45 heavy (non-hydrogen) atoms. The van der Waals surface area contributed by atoms with Crippen molar-refractivity contribution in [2.45, 2.75) is 226 Å². The van der Waals surface area contributed by atoms with Gasteiger partial charge in [-0.3, -0.25) is 4.90 Å². The molecule has 0 N–H and O–H groups in total. The molecule has 266 valence electrons. The summed E-state index contributed by atoms with van der Waals surface area (Å²) in [7, 11) is 0. The van der Waals surface area contributed by atoms with Gasteiger partial charge in [0.05, 0.1) is 0 Å². The molecule has 0 fully saturated rings. The third-order valence-corrected chi connectivity index (χ3v) is 9.90. The fourth-order valence-corrected chi connectivity index (χ4v) is 6.88. The van der Waals surface area contributed by atoms with Crippen LogP contribution in [-0.4, -0.2) is 18.0 Å². The van der Waals surface area contributed by atoms with Crippen LogP contribution in [0.3, 0.4) is 0 Å². The molecule has 2 heteroatoms. The third-order valence-electron chi connectivity index (χ3n) is 9.90. The molecule has 0 saturated carbocycles. The van der Waals surface area contributed by atoms with Gasteiger partial charge in [-0.2, -0.15) is 0 Å². The zero-order valence-corrected chi connectivity index (χ0v) is 32.7. The number of benzene rings is 1. The molecule has 0 atom stereocenters. The van der Waals surface area contributed by atoms with Crippen LogP contribution < -0.4 is 0 Å². The van der Waals surface area contributed by atoms with E-state index in [1.165, 1.54) is 224 Å². The molecular formula is C43H82BrN. The van der Waals surface area contributed by atoms with Gasteiger partial charge in [0.25, 0.3) is 0 Å². The van der Waals surface area contributed by atoms with E-state index < -0.39 is 0 Å². The Hall–Kier alpha value is -0.340. The zero-order valence-electron chi connectivity index (χ0n) is 31.0. The Morgan fingerprint density at radius 3 is 0.844 bits per heavy atom. The summed E-state index contributed by atoms with van der Waals surface area (Å²) in [6.45, 7) is 8.32. The SMILES string of the molecule is Br.CCCCCCCCCCCCCCCCCCN(CCCCCCCCCCCCCCCCCC)Cc1ccccc1. The Balaban J connectivity index is 0.0000194. The van der Waals surface area contributed by atoms with Crippen molar-refractivity contribution in [1.29, 1.82) is 0 Å². The van der Waals surface area contributed by atoms with Gasteiger partial charge in [-0.15, -0.1) is 17.0 Å². The Labute approximate surface area is 295 Å². The molecule has 0 aliphatic carbocycles. The minimum atomic E-state index is 0. The highest BCUT2D eigenvalue weighted by Gasteiger charge is 2.06. The first-order valence-corrected chi connectivity index (χ1v) is 20.6. The highest BCUT2D eigenvalue weighted by molar-refractivity contribution is 8.93. The molecule has 1 aromatic rings. The van der Waals surface area contributed by atoms with Crippen molar-refractivity contribution in [3.05, 3.63) is 35.9 Å². The molecule has 0 radical (unpaired) electrons. The largest absolute Gasteiger partial charge is 0.299 e. The van der Waals surface area contributed by atoms with Crippen molar-refractivity contribution in [2.24, 2.45) is 0 Å². The monoisotopic (exact) mass is 692 g/mol. The number of hydrogen-bond acceptors (Lipinski definition) is 1. The van der Waals surface area contributed by atoms with E-state index in [0.717, 1.165) is 6.54 Å². The van der Waals surface area contributed by atoms with Gasteiger partial charge < -0.3 is 0 Å². The predicted octanol–water partition coefficient (Wildman–Crippen LogP) is 15.6. The van der Waals surface area contributed by atoms with Gasteiger partial charge in [0.1, 0.15) is 0 Å². The highest BCUT2D eigenvalue weighted by Crippen LogP contribution is 2.16. The minimum Gasteiger partial charge on any atom is -0.299 e. The smallest absolute Gasteiger partial charge is 0.0233 e. The topological polar surface area (TPSA) is 3.24 Å². The summed E-state index contributed by atoms with van der Waals surface area (Å²) in [4.78, 5) is 2.75. The van der Waals surface area contributed by atoms with Gasteiger partial charge >= 0.3 is 0 Å². The van der Waals surface area contributed by atoms with Crippen LogP contribution in [0.15, 0.2) is 30.3 Å². The van der Waals surface area contributed by atoms with Crippen molar-refractivity contribution in [3.63, 3.8) is 0 Å². The maximum atomic E-state index is 2.75. The van der Waals surface area contributed by atoms with E-state index in [0.29, 0.717) is 0 Å². The Kier molecular flexibility index (Phi) is 37.8. The lowest BCUT2D eigenvalue weighted by Gasteiger charge is -2.22. The van der Waals surface area contributed by atoms with Crippen molar-refractivity contribution in [3.8, 4) is 0 Å². The number of hydrogen-bond donors (Lipinski definition) is 0. The summed E-state index contributed by atoms with van der Waals surface area (Å²) >= 11 is 0. The molecule has 0 heterocycles. The zero-order chi connectivity index (χ0) is 31.4. The minimum absolute atomic E-state index is 0. The quantitative estimate of drug-likeness (QED) is 0.0633. The highest BCUT2D eigenvalue weighted by atomic mass is 79.9. The third kappa shape index (κ3) is 33.4. The summed E-state index contributed by atoms with van der Waals surface area (Å²) in [5.74, 6) is 0. The summed E-state index contributed by atoms with van der Waals surface area (Å²) in [6, 6.07) is 11.2. The molecule has 0 saturated heterocycles. The molecule has 1 rings (SSSR count). The van der Waals surface area contributed by atoms with E-state index in [1.54, 1.807) is 0 Å². The van der Waals surface area contributed by atoms with Crippen LogP contribution in [0.25, 0.3) is 0 Å². The van der Waals surface area contributed by atoms with Gasteiger partial charge in [-0.1, -0.05) is 237 Å². The maximum absolute atomic E-state index is 2.75. The molecule has 0 aromatic heterocycles. The predicted molar refractivity (Wildman–Crippen MR) is 211 cm³/mol. The van der Waals surface area contributed by atoms with E-state index in [1.807, 2.05) is 0 Å². The van der Waals surface area contributed by atoms with Crippen molar-refractivity contribution < 1.29 is 0 Å². The summed E-state index contributed by atoms with van der Waals surface area (Å²) in [5.41, 5.74) is 1.49. The van der Waals surface area contributed by atoms with Gasteiger partial charge in [0.15, 0.2) is 0 Å².